The Bertz CT molecular complexity index is 552. The standard InChI is InChI=1S/C11H9ClN4O2/c12-8-3-6(5-13)4-9(15-8)14-7-1-2-10(17)16-11(7)18/h3-4,7H,1-2H2,(H,14,15)(H,16,17,18). The summed E-state index contributed by atoms with van der Waals surface area (Å²) in [5.74, 6) is -0.338. The Hall–Kier alpha value is -2.13. The molecule has 1 aromatic heterocycles. The largest absolute Gasteiger partial charge is 0.358 e. The zero-order valence-corrected chi connectivity index (χ0v) is 9.99. The van der Waals surface area contributed by atoms with Crippen LogP contribution in [0.25, 0.3) is 0 Å². The second-order valence-corrected chi connectivity index (χ2v) is 4.21. The maximum Gasteiger partial charge on any atom is 0.249 e. The van der Waals surface area contributed by atoms with Crippen molar-refractivity contribution in [1.82, 2.24) is 10.3 Å². The molecule has 1 unspecified atom stereocenters. The number of imide groups is 1. The highest BCUT2D eigenvalue weighted by Crippen LogP contribution is 2.16. The number of carbonyl (C=O) groups is 2. The third-order valence-electron chi connectivity index (χ3n) is 2.48. The first kappa shape index (κ1) is 12.3. The van der Waals surface area contributed by atoms with Crippen LogP contribution in [0.4, 0.5) is 5.82 Å². The number of halogens is 1. The van der Waals surface area contributed by atoms with Crippen LogP contribution in [0.15, 0.2) is 12.1 Å². The molecule has 2 rings (SSSR count). The molecule has 6 nitrogen and oxygen atoms in total. The van der Waals surface area contributed by atoms with Gasteiger partial charge in [-0.2, -0.15) is 5.26 Å². The van der Waals surface area contributed by atoms with E-state index >= 15 is 0 Å². The number of piperidine rings is 1. The number of nitrogens with one attached hydrogen (secondary N) is 2. The number of anilines is 1. The predicted octanol–water partition coefficient (Wildman–Crippen LogP) is 0.824. The van der Waals surface area contributed by atoms with E-state index < -0.39 is 11.9 Å². The minimum atomic E-state index is -0.541. The highest BCUT2D eigenvalue weighted by Gasteiger charge is 2.26. The van der Waals surface area contributed by atoms with Crippen LogP contribution < -0.4 is 10.6 Å². The fraction of sp³-hybridized carbons (Fsp3) is 0.273. The lowest BCUT2D eigenvalue weighted by Crippen LogP contribution is -2.47. The summed E-state index contributed by atoms with van der Waals surface area (Å²) < 4.78 is 0. The van der Waals surface area contributed by atoms with Crippen molar-refractivity contribution in [3.63, 3.8) is 0 Å². The molecule has 0 aliphatic carbocycles. The quantitative estimate of drug-likeness (QED) is 0.609. The third kappa shape index (κ3) is 2.76. The van der Waals surface area contributed by atoms with Gasteiger partial charge >= 0.3 is 0 Å². The monoisotopic (exact) mass is 264 g/mol. The molecule has 0 saturated carbocycles. The molecule has 1 aliphatic heterocycles. The van der Waals surface area contributed by atoms with Crippen molar-refractivity contribution < 1.29 is 9.59 Å². The maximum atomic E-state index is 11.5. The number of nitriles is 1. The highest BCUT2D eigenvalue weighted by molar-refractivity contribution is 6.29. The van der Waals surface area contributed by atoms with E-state index in [1.807, 2.05) is 6.07 Å². The molecule has 2 heterocycles. The summed E-state index contributed by atoms with van der Waals surface area (Å²) in [6.07, 6.45) is 0.663. The number of rotatable bonds is 2. The molecule has 1 fully saturated rings. The Morgan fingerprint density at radius 1 is 1.50 bits per heavy atom. The van der Waals surface area contributed by atoms with Gasteiger partial charge in [-0.15, -0.1) is 0 Å². The summed E-state index contributed by atoms with van der Waals surface area (Å²) in [7, 11) is 0. The number of hydrogen-bond donors (Lipinski definition) is 2. The van der Waals surface area contributed by atoms with Crippen molar-refractivity contribution in [2.75, 3.05) is 5.32 Å². The Labute approximate surface area is 108 Å². The third-order valence-corrected chi connectivity index (χ3v) is 2.68. The molecule has 1 aromatic rings. The molecular weight excluding hydrogens is 256 g/mol. The lowest BCUT2D eigenvalue weighted by atomic mass is 10.1. The average molecular weight is 265 g/mol. The molecule has 0 spiro atoms. The van der Waals surface area contributed by atoms with E-state index in [2.05, 4.69) is 15.6 Å². The second kappa shape index (κ2) is 5.02. The van der Waals surface area contributed by atoms with Crippen LogP contribution >= 0.6 is 11.6 Å². The van der Waals surface area contributed by atoms with Gasteiger partial charge in [0, 0.05) is 6.42 Å². The fourth-order valence-electron chi connectivity index (χ4n) is 1.65. The van der Waals surface area contributed by atoms with Gasteiger partial charge in [0.05, 0.1) is 11.6 Å². The molecule has 2 amide bonds. The Balaban J connectivity index is 2.14. The van der Waals surface area contributed by atoms with Gasteiger partial charge < -0.3 is 5.32 Å². The van der Waals surface area contributed by atoms with Crippen molar-refractivity contribution in [2.24, 2.45) is 0 Å². The predicted molar refractivity (Wildman–Crippen MR) is 63.8 cm³/mol. The molecule has 7 heteroatoms. The zero-order chi connectivity index (χ0) is 13.1. The molecule has 0 radical (unpaired) electrons. The Morgan fingerprint density at radius 3 is 2.94 bits per heavy atom. The van der Waals surface area contributed by atoms with E-state index in [4.69, 9.17) is 16.9 Å². The zero-order valence-electron chi connectivity index (χ0n) is 9.24. The van der Waals surface area contributed by atoms with E-state index in [1.165, 1.54) is 12.1 Å². The van der Waals surface area contributed by atoms with Crippen molar-refractivity contribution in [2.45, 2.75) is 18.9 Å². The molecule has 2 N–H and O–H groups in total. The van der Waals surface area contributed by atoms with Gasteiger partial charge in [-0.25, -0.2) is 4.98 Å². The summed E-state index contributed by atoms with van der Waals surface area (Å²) in [5, 5.41) is 14.0. The first-order valence-corrected chi connectivity index (χ1v) is 5.64. The summed E-state index contributed by atoms with van der Waals surface area (Å²) in [5.41, 5.74) is 0.352. The van der Waals surface area contributed by atoms with Crippen molar-refractivity contribution in [3.05, 3.63) is 22.8 Å². The van der Waals surface area contributed by atoms with Crippen molar-refractivity contribution in [1.29, 1.82) is 5.26 Å². The summed E-state index contributed by atoms with van der Waals surface area (Å²) in [6.45, 7) is 0. The highest BCUT2D eigenvalue weighted by atomic mass is 35.5. The van der Waals surface area contributed by atoms with E-state index in [9.17, 15) is 9.59 Å². The van der Waals surface area contributed by atoms with Gasteiger partial charge in [0.25, 0.3) is 0 Å². The van der Waals surface area contributed by atoms with Crippen LogP contribution in [0.5, 0.6) is 0 Å². The molecule has 0 bridgehead atoms. The summed E-state index contributed by atoms with van der Waals surface area (Å²) in [6, 6.07) is 4.33. The van der Waals surface area contributed by atoms with Crippen molar-refractivity contribution >= 4 is 29.2 Å². The van der Waals surface area contributed by atoms with Crippen LogP contribution in [0.3, 0.4) is 0 Å². The SMILES string of the molecule is N#Cc1cc(Cl)nc(NC2CCC(=O)NC2=O)c1. The first-order valence-electron chi connectivity index (χ1n) is 5.26. The van der Waals surface area contributed by atoms with E-state index in [0.717, 1.165) is 0 Å². The molecule has 92 valence electrons. The number of aromatic nitrogens is 1. The van der Waals surface area contributed by atoms with Gasteiger partial charge in [0.1, 0.15) is 17.0 Å². The summed E-state index contributed by atoms with van der Waals surface area (Å²) >= 11 is 5.75. The van der Waals surface area contributed by atoms with E-state index in [-0.39, 0.29) is 17.5 Å². The van der Waals surface area contributed by atoms with Crippen LogP contribution in [0.1, 0.15) is 18.4 Å². The number of hydrogen-bond acceptors (Lipinski definition) is 5. The lowest BCUT2D eigenvalue weighted by Gasteiger charge is -2.22. The maximum absolute atomic E-state index is 11.5. The van der Waals surface area contributed by atoms with E-state index in [0.29, 0.717) is 17.8 Å². The Morgan fingerprint density at radius 2 is 2.28 bits per heavy atom. The molecule has 0 aromatic carbocycles. The average Bonchev–Trinajstić information content (AvgIpc) is 2.32. The van der Waals surface area contributed by atoms with E-state index in [1.54, 1.807) is 0 Å². The van der Waals surface area contributed by atoms with Gasteiger partial charge in [-0.05, 0) is 18.6 Å². The minimum absolute atomic E-state index is 0.170. The lowest BCUT2D eigenvalue weighted by molar-refractivity contribution is -0.133. The number of carbonyl (C=O) groups excluding carboxylic acids is 2. The van der Waals surface area contributed by atoms with Crippen LogP contribution in [-0.4, -0.2) is 22.8 Å². The second-order valence-electron chi connectivity index (χ2n) is 3.82. The summed E-state index contributed by atoms with van der Waals surface area (Å²) in [4.78, 5) is 26.5. The van der Waals surface area contributed by atoms with Crippen LogP contribution in [0, 0.1) is 11.3 Å². The van der Waals surface area contributed by atoms with Gasteiger partial charge in [0.15, 0.2) is 0 Å². The molecule has 1 saturated heterocycles. The first-order chi connectivity index (χ1) is 8.58. The van der Waals surface area contributed by atoms with Gasteiger partial charge in [0.2, 0.25) is 11.8 Å². The Kier molecular flexibility index (Phi) is 3.44. The number of nitrogens with zero attached hydrogens (tertiary/aromatic N) is 2. The number of pyridine rings is 1. The van der Waals surface area contributed by atoms with Crippen molar-refractivity contribution in [3.8, 4) is 6.07 Å². The van der Waals surface area contributed by atoms with Crippen LogP contribution in [-0.2, 0) is 9.59 Å². The normalized spacial score (nSPS) is 19.0. The molecule has 1 atom stereocenters. The number of amides is 2. The van der Waals surface area contributed by atoms with Gasteiger partial charge in [-0.1, -0.05) is 11.6 Å². The van der Waals surface area contributed by atoms with Gasteiger partial charge in [-0.3, -0.25) is 14.9 Å². The smallest absolute Gasteiger partial charge is 0.249 e. The fourth-order valence-corrected chi connectivity index (χ4v) is 1.85. The molecular formula is C11H9ClN4O2. The molecule has 1 aliphatic rings. The van der Waals surface area contributed by atoms with Crippen LogP contribution in [0.2, 0.25) is 5.15 Å². The molecule has 18 heavy (non-hydrogen) atoms. The topological polar surface area (TPSA) is 94.9 Å². The minimum Gasteiger partial charge on any atom is -0.358 e.